The summed E-state index contributed by atoms with van der Waals surface area (Å²) in [7, 11) is 3.25. The number of nitrogens with one attached hydrogen (secondary N) is 2. The van der Waals surface area contributed by atoms with Gasteiger partial charge in [-0.05, 0) is 38.8 Å². The molecule has 2 aromatic rings. The van der Waals surface area contributed by atoms with E-state index in [0.717, 1.165) is 49.2 Å². The number of anilines is 1. The van der Waals surface area contributed by atoms with Crippen LogP contribution in [0.15, 0.2) is 22.7 Å². The Morgan fingerprint density at radius 2 is 2.00 bits per heavy atom. The van der Waals surface area contributed by atoms with Gasteiger partial charge in [0.05, 0.1) is 0 Å². The second-order valence-electron chi connectivity index (χ2n) is 7.03. The van der Waals surface area contributed by atoms with Gasteiger partial charge in [-0.1, -0.05) is 11.2 Å². The maximum absolute atomic E-state index is 10.8. The van der Waals surface area contributed by atoms with E-state index < -0.39 is 0 Å². The Balaban J connectivity index is 0.000000878. The first-order valence-electron chi connectivity index (χ1n) is 9.36. The number of hydrogen-bond acceptors (Lipinski definition) is 7. The standard InChI is InChI=1S/C18H23N5O2.C2H6O/c1-12(2)20-16-9-14(3-4-15(16)10-19)18-21-17(22-25-18)13-5-7-23(11-24)8-6-13;1-3-2/h3-4,9-13,19-20H,5-8H2,1-2H3;1-2H3. The van der Waals surface area contributed by atoms with Crippen LogP contribution in [-0.4, -0.2) is 61.0 Å². The quantitative estimate of drug-likeness (QED) is 0.583. The highest BCUT2D eigenvalue weighted by Crippen LogP contribution is 2.29. The molecule has 28 heavy (non-hydrogen) atoms. The molecule has 152 valence electrons. The summed E-state index contributed by atoms with van der Waals surface area (Å²) in [5, 5.41) is 15.0. The zero-order chi connectivity index (χ0) is 20.5. The molecular weight excluding hydrogens is 358 g/mol. The van der Waals surface area contributed by atoms with Crippen LogP contribution in [0, 0.1) is 5.41 Å². The van der Waals surface area contributed by atoms with Gasteiger partial charge in [0.1, 0.15) is 0 Å². The Morgan fingerprint density at radius 1 is 1.32 bits per heavy atom. The van der Waals surface area contributed by atoms with Gasteiger partial charge in [0.2, 0.25) is 6.41 Å². The molecule has 1 amide bonds. The number of aromatic nitrogens is 2. The molecule has 2 N–H and O–H groups in total. The molecule has 3 rings (SSSR count). The minimum atomic E-state index is 0.225. The average molecular weight is 387 g/mol. The summed E-state index contributed by atoms with van der Waals surface area (Å²) in [6.07, 6.45) is 3.93. The monoisotopic (exact) mass is 387 g/mol. The zero-order valence-electron chi connectivity index (χ0n) is 16.9. The Morgan fingerprint density at radius 3 is 2.57 bits per heavy atom. The van der Waals surface area contributed by atoms with E-state index in [-0.39, 0.29) is 12.0 Å². The number of piperidine rings is 1. The first-order chi connectivity index (χ1) is 13.5. The Labute approximate surface area is 165 Å². The number of likely N-dealkylation sites (tertiary alicyclic amines) is 1. The maximum atomic E-state index is 10.8. The highest BCUT2D eigenvalue weighted by Gasteiger charge is 2.24. The summed E-state index contributed by atoms with van der Waals surface area (Å²) in [4.78, 5) is 17.1. The van der Waals surface area contributed by atoms with Crippen LogP contribution in [0.3, 0.4) is 0 Å². The number of ether oxygens (including phenoxy) is 1. The number of hydrogen-bond donors (Lipinski definition) is 2. The molecule has 2 heterocycles. The topological polar surface area (TPSA) is 104 Å². The minimum absolute atomic E-state index is 0.225. The lowest BCUT2D eigenvalue weighted by atomic mass is 9.96. The van der Waals surface area contributed by atoms with E-state index >= 15 is 0 Å². The van der Waals surface area contributed by atoms with Crippen molar-refractivity contribution >= 4 is 18.3 Å². The largest absolute Gasteiger partial charge is 0.388 e. The number of rotatable bonds is 6. The minimum Gasteiger partial charge on any atom is -0.388 e. The molecule has 0 aliphatic carbocycles. The molecule has 8 heteroatoms. The smallest absolute Gasteiger partial charge is 0.258 e. The number of nitrogens with zero attached hydrogens (tertiary/aromatic N) is 3. The number of amides is 1. The van der Waals surface area contributed by atoms with E-state index in [4.69, 9.17) is 9.93 Å². The number of carbonyl (C=O) groups excluding carboxylic acids is 1. The lowest BCUT2D eigenvalue weighted by Gasteiger charge is -2.27. The van der Waals surface area contributed by atoms with Crippen molar-refractivity contribution in [3.63, 3.8) is 0 Å². The molecule has 0 atom stereocenters. The lowest BCUT2D eigenvalue weighted by molar-refractivity contribution is -0.119. The lowest BCUT2D eigenvalue weighted by Crippen LogP contribution is -2.31. The van der Waals surface area contributed by atoms with E-state index in [1.54, 1.807) is 19.1 Å². The van der Waals surface area contributed by atoms with Crippen molar-refractivity contribution in [2.24, 2.45) is 0 Å². The van der Waals surface area contributed by atoms with E-state index in [2.05, 4.69) is 34.0 Å². The summed E-state index contributed by atoms with van der Waals surface area (Å²) in [6.45, 7) is 5.57. The van der Waals surface area contributed by atoms with Crippen LogP contribution < -0.4 is 5.32 Å². The van der Waals surface area contributed by atoms with Crippen LogP contribution >= 0.6 is 0 Å². The van der Waals surface area contributed by atoms with Crippen LogP contribution in [0.25, 0.3) is 11.5 Å². The van der Waals surface area contributed by atoms with Crippen LogP contribution in [-0.2, 0) is 9.53 Å². The van der Waals surface area contributed by atoms with E-state index in [0.29, 0.717) is 11.7 Å². The van der Waals surface area contributed by atoms with Gasteiger partial charge in [-0.2, -0.15) is 4.98 Å². The summed E-state index contributed by atoms with van der Waals surface area (Å²) >= 11 is 0. The molecule has 0 unspecified atom stereocenters. The Hall–Kier alpha value is -2.74. The Bertz CT molecular complexity index is 767. The van der Waals surface area contributed by atoms with Crippen molar-refractivity contribution < 1.29 is 14.1 Å². The summed E-state index contributed by atoms with van der Waals surface area (Å²) in [5.74, 6) is 1.41. The van der Waals surface area contributed by atoms with Crippen molar-refractivity contribution in [3.8, 4) is 11.5 Å². The normalized spacial score (nSPS) is 14.4. The van der Waals surface area contributed by atoms with E-state index in [1.807, 2.05) is 18.2 Å². The summed E-state index contributed by atoms with van der Waals surface area (Å²) in [6, 6.07) is 5.96. The molecule has 0 bridgehead atoms. The van der Waals surface area contributed by atoms with Crippen molar-refractivity contribution in [1.82, 2.24) is 15.0 Å². The van der Waals surface area contributed by atoms with Crippen LogP contribution in [0.4, 0.5) is 5.69 Å². The number of benzene rings is 1. The SMILES string of the molecule is CC(C)Nc1cc(-c2nc(C3CCN(C=O)CC3)no2)ccc1C=N.COC. The van der Waals surface area contributed by atoms with Gasteiger partial charge in [0.25, 0.3) is 5.89 Å². The van der Waals surface area contributed by atoms with Crippen molar-refractivity contribution in [1.29, 1.82) is 5.41 Å². The molecule has 0 radical (unpaired) electrons. The second kappa shape index (κ2) is 10.6. The third kappa shape index (κ3) is 5.63. The first kappa shape index (κ1) is 21.6. The van der Waals surface area contributed by atoms with Gasteiger partial charge in [0, 0.05) is 62.3 Å². The maximum Gasteiger partial charge on any atom is 0.258 e. The second-order valence-corrected chi connectivity index (χ2v) is 7.03. The molecule has 1 aromatic carbocycles. The van der Waals surface area contributed by atoms with Gasteiger partial charge >= 0.3 is 0 Å². The number of carbonyl (C=O) groups is 1. The molecule has 0 saturated carbocycles. The molecule has 1 saturated heterocycles. The molecule has 1 aliphatic heterocycles. The molecule has 8 nitrogen and oxygen atoms in total. The summed E-state index contributed by atoms with van der Waals surface area (Å²) < 4.78 is 9.71. The third-order valence-corrected chi connectivity index (χ3v) is 4.39. The van der Waals surface area contributed by atoms with Gasteiger partial charge in [-0.25, -0.2) is 0 Å². The van der Waals surface area contributed by atoms with Gasteiger partial charge < -0.3 is 24.9 Å². The Kier molecular flexibility index (Phi) is 8.13. The fraction of sp³-hybridized carbons (Fsp3) is 0.500. The van der Waals surface area contributed by atoms with Crippen LogP contribution in [0.1, 0.15) is 44.0 Å². The number of methoxy groups -OCH3 is 1. The molecule has 1 aromatic heterocycles. The average Bonchev–Trinajstić information content (AvgIpc) is 3.18. The highest BCUT2D eigenvalue weighted by atomic mass is 16.5. The zero-order valence-corrected chi connectivity index (χ0v) is 16.9. The highest BCUT2D eigenvalue weighted by molar-refractivity contribution is 5.87. The molecule has 1 fully saturated rings. The first-order valence-corrected chi connectivity index (χ1v) is 9.36. The van der Waals surface area contributed by atoms with Crippen molar-refractivity contribution in [2.75, 3.05) is 32.6 Å². The van der Waals surface area contributed by atoms with Crippen LogP contribution in [0.2, 0.25) is 0 Å². The predicted molar refractivity (Wildman–Crippen MR) is 109 cm³/mol. The predicted octanol–water partition coefficient (Wildman–Crippen LogP) is 3.15. The third-order valence-electron chi connectivity index (χ3n) is 4.39. The molecular formula is C20H29N5O3. The van der Waals surface area contributed by atoms with Gasteiger partial charge in [0.15, 0.2) is 5.82 Å². The van der Waals surface area contributed by atoms with E-state index in [9.17, 15) is 4.79 Å². The van der Waals surface area contributed by atoms with Crippen molar-refractivity contribution in [2.45, 2.75) is 38.6 Å². The molecule has 1 aliphatic rings. The van der Waals surface area contributed by atoms with Gasteiger partial charge in [-0.15, -0.1) is 0 Å². The van der Waals surface area contributed by atoms with Gasteiger partial charge in [-0.3, -0.25) is 4.79 Å². The fourth-order valence-corrected chi connectivity index (χ4v) is 3.03. The fourth-order valence-electron chi connectivity index (χ4n) is 3.03. The van der Waals surface area contributed by atoms with Crippen LogP contribution in [0.5, 0.6) is 0 Å². The molecule has 0 spiro atoms. The van der Waals surface area contributed by atoms with Crippen molar-refractivity contribution in [3.05, 3.63) is 29.6 Å². The summed E-state index contributed by atoms with van der Waals surface area (Å²) in [5.41, 5.74) is 2.53. The van der Waals surface area contributed by atoms with E-state index in [1.165, 1.54) is 6.21 Å².